The number of rotatable bonds is 9. The summed E-state index contributed by atoms with van der Waals surface area (Å²) in [5.41, 5.74) is 9.22. The van der Waals surface area contributed by atoms with Gasteiger partial charge in [-0.2, -0.15) is 11.3 Å². The maximum absolute atomic E-state index is 12.5. The van der Waals surface area contributed by atoms with Gasteiger partial charge in [-0.05, 0) is 52.9 Å². The fraction of sp³-hybridized carbons (Fsp3) is 0.263. The van der Waals surface area contributed by atoms with E-state index in [1.165, 1.54) is 0 Å². The highest BCUT2D eigenvalue weighted by Crippen LogP contribution is 2.28. The number of thiophene rings is 1. The number of carboxylic acid groups (broad SMARTS) is 1. The van der Waals surface area contributed by atoms with Gasteiger partial charge >= 0.3 is 5.97 Å². The minimum atomic E-state index is -0.790. The molecule has 0 aliphatic carbocycles. The van der Waals surface area contributed by atoms with Crippen molar-refractivity contribution < 1.29 is 14.7 Å². The molecule has 0 spiro atoms. The molecule has 2 heterocycles. The van der Waals surface area contributed by atoms with E-state index in [4.69, 9.17) is 10.8 Å². The fourth-order valence-corrected chi connectivity index (χ4v) is 3.36. The Morgan fingerprint density at radius 2 is 2.04 bits per heavy atom. The topological polar surface area (TPSA) is 123 Å². The number of carbonyl (C=O) groups excluding carboxylic acids is 1. The number of anilines is 2. The normalized spacial score (nSPS) is 10.7. The highest BCUT2D eigenvalue weighted by atomic mass is 32.1. The van der Waals surface area contributed by atoms with Crippen molar-refractivity contribution in [2.45, 2.75) is 32.2 Å². The van der Waals surface area contributed by atoms with Crippen molar-refractivity contribution in [2.24, 2.45) is 0 Å². The van der Waals surface area contributed by atoms with Crippen LogP contribution in [0.1, 0.15) is 36.2 Å². The van der Waals surface area contributed by atoms with Crippen LogP contribution in [0, 0.1) is 0 Å². The summed E-state index contributed by atoms with van der Waals surface area (Å²) in [6, 6.07) is 7.51. The molecule has 4 N–H and O–H groups in total. The maximum Gasteiger partial charge on any atom is 0.303 e. The summed E-state index contributed by atoms with van der Waals surface area (Å²) < 4.78 is 1.58. The number of nitrogens with two attached hydrogens (primary N) is 1. The first kappa shape index (κ1) is 19.6. The second-order valence-electron chi connectivity index (χ2n) is 6.34. The second kappa shape index (κ2) is 9.14. The quantitative estimate of drug-likeness (QED) is 0.374. The summed E-state index contributed by atoms with van der Waals surface area (Å²) in [6.45, 7) is 0.579. The summed E-state index contributed by atoms with van der Waals surface area (Å²) in [5, 5.41) is 23.3. The van der Waals surface area contributed by atoms with Crippen molar-refractivity contribution in [1.29, 1.82) is 0 Å². The zero-order valence-corrected chi connectivity index (χ0v) is 16.0. The van der Waals surface area contributed by atoms with Crippen molar-refractivity contribution in [3.8, 4) is 11.1 Å². The van der Waals surface area contributed by atoms with E-state index in [1.807, 2.05) is 29.0 Å². The Hall–Kier alpha value is -3.20. The predicted octanol–water partition coefficient (Wildman–Crippen LogP) is 3.49. The molecule has 0 radical (unpaired) electrons. The highest BCUT2D eigenvalue weighted by Gasteiger charge is 2.13. The lowest BCUT2D eigenvalue weighted by Gasteiger charge is -2.09. The van der Waals surface area contributed by atoms with E-state index < -0.39 is 5.97 Å². The maximum atomic E-state index is 12.5. The fourth-order valence-electron chi connectivity index (χ4n) is 2.70. The van der Waals surface area contributed by atoms with Crippen molar-refractivity contribution in [1.82, 2.24) is 15.0 Å². The smallest absolute Gasteiger partial charge is 0.303 e. The Morgan fingerprint density at radius 3 is 2.79 bits per heavy atom. The van der Waals surface area contributed by atoms with Gasteiger partial charge in [0, 0.05) is 13.0 Å². The van der Waals surface area contributed by atoms with Gasteiger partial charge in [-0.25, -0.2) is 0 Å². The Balaban J connectivity index is 1.59. The molecule has 2 aromatic heterocycles. The number of hydrogen-bond donors (Lipinski definition) is 3. The van der Waals surface area contributed by atoms with Crippen molar-refractivity contribution in [2.75, 3.05) is 11.1 Å². The minimum Gasteiger partial charge on any atom is -0.481 e. The lowest BCUT2D eigenvalue weighted by atomic mass is 10.1. The molecule has 0 aliphatic rings. The van der Waals surface area contributed by atoms with Crippen molar-refractivity contribution in [3.05, 3.63) is 46.9 Å². The molecule has 0 unspecified atom stereocenters. The number of aromatic nitrogens is 3. The van der Waals surface area contributed by atoms with Crippen LogP contribution in [0.15, 0.2) is 41.2 Å². The number of carboxylic acids is 1. The average molecular weight is 399 g/mol. The van der Waals surface area contributed by atoms with Crippen LogP contribution >= 0.6 is 11.3 Å². The molecule has 146 valence electrons. The number of unbranched alkanes of at least 4 members (excludes halogenated alkanes) is 2. The molecule has 28 heavy (non-hydrogen) atoms. The monoisotopic (exact) mass is 399 g/mol. The van der Waals surface area contributed by atoms with Crippen LogP contribution in [0.3, 0.4) is 0 Å². The summed E-state index contributed by atoms with van der Waals surface area (Å²) in [7, 11) is 0. The van der Waals surface area contributed by atoms with Gasteiger partial charge in [0.05, 0.1) is 17.6 Å². The number of nitrogens with zero attached hydrogens (tertiary/aromatic N) is 3. The molecule has 0 saturated heterocycles. The Kier molecular flexibility index (Phi) is 6.38. The first-order chi connectivity index (χ1) is 13.5. The number of nitrogen functional groups attached to an aromatic ring is 1. The molecular weight excluding hydrogens is 378 g/mol. The molecule has 3 aromatic rings. The van der Waals surface area contributed by atoms with E-state index in [9.17, 15) is 9.59 Å². The van der Waals surface area contributed by atoms with Gasteiger partial charge in [0.25, 0.3) is 5.91 Å². The van der Waals surface area contributed by atoms with E-state index in [1.54, 1.807) is 28.3 Å². The van der Waals surface area contributed by atoms with Gasteiger partial charge in [0.1, 0.15) is 0 Å². The lowest BCUT2D eigenvalue weighted by Crippen LogP contribution is -2.13. The number of amides is 1. The third-order valence-corrected chi connectivity index (χ3v) is 4.89. The van der Waals surface area contributed by atoms with Crippen molar-refractivity contribution in [3.63, 3.8) is 0 Å². The summed E-state index contributed by atoms with van der Waals surface area (Å²) >= 11 is 1.60. The largest absolute Gasteiger partial charge is 0.481 e. The third kappa shape index (κ3) is 5.17. The molecule has 3 rings (SSSR count). The lowest BCUT2D eigenvalue weighted by molar-refractivity contribution is -0.137. The predicted molar refractivity (Wildman–Crippen MR) is 108 cm³/mol. The van der Waals surface area contributed by atoms with E-state index in [0.29, 0.717) is 24.3 Å². The summed E-state index contributed by atoms with van der Waals surface area (Å²) in [6.07, 6.45) is 3.91. The van der Waals surface area contributed by atoms with Crippen LogP contribution in [-0.4, -0.2) is 32.0 Å². The molecule has 0 saturated carbocycles. The molecule has 0 bridgehead atoms. The van der Waals surface area contributed by atoms with Gasteiger partial charge in [0.15, 0.2) is 5.69 Å². The van der Waals surface area contributed by atoms with Crippen LogP contribution in [0.5, 0.6) is 0 Å². The Labute approximate surface area is 166 Å². The Bertz CT molecular complexity index is 952. The number of aryl methyl sites for hydroxylation is 1. The molecular formula is C19H21N5O3S. The number of hydrogen-bond acceptors (Lipinski definition) is 6. The summed E-state index contributed by atoms with van der Waals surface area (Å²) in [5.74, 6) is -1.17. The van der Waals surface area contributed by atoms with Crippen LogP contribution in [-0.2, 0) is 11.3 Å². The molecule has 8 nitrogen and oxygen atoms in total. The third-order valence-electron chi connectivity index (χ3n) is 4.21. The van der Waals surface area contributed by atoms with Gasteiger partial charge < -0.3 is 16.2 Å². The Morgan fingerprint density at radius 1 is 1.18 bits per heavy atom. The van der Waals surface area contributed by atoms with E-state index in [-0.39, 0.29) is 18.0 Å². The van der Waals surface area contributed by atoms with Gasteiger partial charge in [-0.15, -0.1) is 5.10 Å². The van der Waals surface area contributed by atoms with Crippen LogP contribution in [0.25, 0.3) is 11.1 Å². The van der Waals surface area contributed by atoms with Crippen LogP contribution < -0.4 is 11.1 Å². The zero-order chi connectivity index (χ0) is 19.9. The number of nitrogens with one attached hydrogen (secondary N) is 1. The van der Waals surface area contributed by atoms with Gasteiger partial charge in [-0.1, -0.05) is 17.7 Å². The van der Waals surface area contributed by atoms with E-state index in [2.05, 4.69) is 15.6 Å². The first-order valence-electron chi connectivity index (χ1n) is 8.88. The SMILES string of the molecule is Nc1ccc(-c2ccsc2)cc1NC(=O)c1cn(CCCCCC(=O)O)nn1. The summed E-state index contributed by atoms with van der Waals surface area (Å²) in [4.78, 5) is 23.0. The van der Waals surface area contributed by atoms with Gasteiger partial charge in [0.2, 0.25) is 0 Å². The number of aliphatic carboxylic acids is 1. The molecule has 0 aliphatic heterocycles. The molecule has 1 aromatic carbocycles. The highest BCUT2D eigenvalue weighted by molar-refractivity contribution is 7.08. The van der Waals surface area contributed by atoms with Gasteiger partial charge in [-0.3, -0.25) is 14.3 Å². The molecule has 0 fully saturated rings. The first-order valence-corrected chi connectivity index (χ1v) is 9.82. The van der Waals surface area contributed by atoms with Crippen LogP contribution in [0.4, 0.5) is 11.4 Å². The van der Waals surface area contributed by atoms with Crippen molar-refractivity contribution >= 4 is 34.6 Å². The van der Waals surface area contributed by atoms with Crippen LogP contribution in [0.2, 0.25) is 0 Å². The number of benzene rings is 1. The molecule has 1 amide bonds. The van der Waals surface area contributed by atoms with E-state index in [0.717, 1.165) is 24.0 Å². The number of carbonyl (C=O) groups is 2. The standard InChI is InChI=1S/C19H21N5O3S/c20-15-6-5-13(14-7-9-28-12-14)10-16(15)21-19(27)17-11-24(23-22-17)8-3-1-2-4-18(25)26/h5-7,9-12H,1-4,8,20H2,(H,21,27)(H,25,26). The molecule has 9 heteroatoms. The minimum absolute atomic E-state index is 0.164. The molecule has 0 atom stereocenters. The zero-order valence-electron chi connectivity index (χ0n) is 15.2. The van der Waals surface area contributed by atoms with E-state index >= 15 is 0 Å². The second-order valence-corrected chi connectivity index (χ2v) is 7.12. The average Bonchev–Trinajstić information content (AvgIpc) is 3.35.